The molecule has 0 unspecified atom stereocenters. The van der Waals surface area contributed by atoms with E-state index in [0.717, 1.165) is 21.7 Å². The van der Waals surface area contributed by atoms with E-state index in [-0.39, 0.29) is 0 Å². The highest BCUT2D eigenvalue weighted by atomic mass is 32.2. The zero-order chi connectivity index (χ0) is 20.1. The zero-order valence-electron chi connectivity index (χ0n) is 15.7. The van der Waals surface area contributed by atoms with Crippen LogP contribution in [0.4, 0.5) is 5.69 Å². The topological polar surface area (TPSA) is 66.5 Å². The predicted molar refractivity (Wildman–Crippen MR) is 112 cm³/mol. The Morgan fingerprint density at radius 2 is 1.39 bits per heavy atom. The van der Waals surface area contributed by atoms with E-state index in [4.69, 9.17) is 0 Å². The number of sulfonamides is 1. The standard InChI is InChI=1S/C22H22N2O3S/c1-24(28(2,26)27)21(18-13-7-4-8-14-18)22(25)23-20-16-10-9-15-19(20)17-11-5-3-6-12-17/h3-16,21H,1-2H3,(H,23,25)/t21-/m1/s1. The van der Waals surface area contributed by atoms with Gasteiger partial charge in [-0.15, -0.1) is 0 Å². The summed E-state index contributed by atoms with van der Waals surface area (Å²) in [6, 6.07) is 25.1. The van der Waals surface area contributed by atoms with Crippen molar-refractivity contribution in [2.24, 2.45) is 0 Å². The summed E-state index contributed by atoms with van der Waals surface area (Å²) in [5.74, 6) is -0.414. The van der Waals surface area contributed by atoms with Crippen LogP contribution in [0.2, 0.25) is 0 Å². The smallest absolute Gasteiger partial charge is 0.247 e. The molecule has 0 fully saturated rings. The van der Waals surface area contributed by atoms with E-state index in [9.17, 15) is 13.2 Å². The molecule has 1 N–H and O–H groups in total. The highest BCUT2D eigenvalue weighted by Crippen LogP contribution is 2.30. The van der Waals surface area contributed by atoms with Crippen LogP contribution in [0.3, 0.4) is 0 Å². The lowest BCUT2D eigenvalue weighted by Crippen LogP contribution is -2.38. The Morgan fingerprint density at radius 1 is 0.857 bits per heavy atom. The van der Waals surface area contributed by atoms with Crippen molar-refractivity contribution in [3.05, 3.63) is 90.5 Å². The Kier molecular flexibility index (Phi) is 5.92. The maximum Gasteiger partial charge on any atom is 0.247 e. The Bertz CT molecular complexity index is 1050. The number of hydrogen-bond acceptors (Lipinski definition) is 3. The second-order valence-corrected chi connectivity index (χ2v) is 8.54. The molecule has 3 aromatic carbocycles. The molecule has 0 saturated carbocycles. The van der Waals surface area contributed by atoms with Crippen molar-refractivity contribution < 1.29 is 13.2 Å². The first-order valence-electron chi connectivity index (χ1n) is 8.81. The van der Waals surface area contributed by atoms with Crippen LogP contribution in [0.5, 0.6) is 0 Å². The van der Waals surface area contributed by atoms with Crippen molar-refractivity contribution in [2.45, 2.75) is 6.04 Å². The predicted octanol–water partition coefficient (Wildman–Crippen LogP) is 3.92. The first-order valence-corrected chi connectivity index (χ1v) is 10.7. The van der Waals surface area contributed by atoms with Crippen LogP contribution in [0.15, 0.2) is 84.9 Å². The minimum Gasteiger partial charge on any atom is -0.324 e. The van der Waals surface area contributed by atoms with Gasteiger partial charge in [-0.25, -0.2) is 8.42 Å². The van der Waals surface area contributed by atoms with E-state index >= 15 is 0 Å². The third kappa shape index (κ3) is 4.47. The Morgan fingerprint density at radius 3 is 2.00 bits per heavy atom. The quantitative estimate of drug-likeness (QED) is 0.689. The fraction of sp³-hybridized carbons (Fsp3) is 0.136. The number of likely N-dealkylation sites (N-methyl/N-ethyl adjacent to an activating group) is 1. The van der Waals surface area contributed by atoms with Crippen molar-refractivity contribution in [3.8, 4) is 11.1 Å². The molecule has 3 aromatic rings. The summed E-state index contributed by atoms with van der Waals surface area (Å²) >= 11 is 0. The third-order valence-corrected chi connectivity index (χ3v) is 5.78. The number of benzene rings is 3. The van der Waals surface area contributed by atoms with Crippen LogP contribution >= 0.6 is 0 Å². The summed E-state index contributed by atoms with van der Waals surface area (Å²) in [6.45, 7) is 0. The van der Waals surface area contributed by atoms with Crippen molar-refractivity contribution in [2.75, 3.05) is 18.6 Å². The van der Waals surface area contributed by atoms with Crippen LogP contribution in [0, 0.1) is 0 Å². The molecule has 0 aliphatic carbocycles. The van der Waals surface area contributed by atoms with Gasteiger partial charge in [0.1, 0.15) is 6.04 Å². The Hall–Kier alpha value is -2.96. The zero-order valence-corrected chi connectivity index (χ0v) is 16.6. The van der Waals surface area contributed by atoms with Gasteiger partial charge in [0.2, 0.25) is 15.9 Å². The number of carbonyl (C=O) groups is 1. The molecular formula is C22H22N2O3S. The normalized spacial score (nSPS) is 12.5. The van der Waals surface area contributed by atoms with E-state index in [2.05, 4.69) is 5.32 Å². The Labute approximate surface area is 165 Å². The minimum absolute atomic E-state index is 0.414. The van der Waals surface area contributed by atoms with E-state index in [1.165, 1.54) is 7.05 Å². The molecular weight excluding hydrogens is 372 g/mol. The highest BCUT2D eigenvalue weighted by Gasteiger charge is 2.31. The van der Waals surface area contributed by atoms with E-state index in [1.807, 2.05) is 60.7 Å². The fourth-order valence-corrected chi connectivity index (χ4v) is 3.62. The van der Waals surface area contributed by atoms with E-state index in [0.29, 0.717) is 11.3 Å². The molecule has 5 nitrogen and oxygen atoms in total. The van der Waals surface area contributed by atoms with Gasteiger partial charge in [-0.1, -0.05) is 78.9 Å². The number of carbonyl (C=O) groups excluding carboxylic acids is 1. The maximum absolute atomic E-state index is 13.2. The molecule has 0 spiro atoms. The molecule has 0 saturated heterocycles. The summed E-state index contributed by atoms with van der Waals surface area (Å²) in [5.41, 5.74) is 3.06. The number of amides is 1. The molecule has 0 radical (unpaired) electrons. The van der Waals surface area contributed by atoms with E-state index < -0.39 is 22.0 Å². The van der Waals surface area contributed by atoms with Crippen molar-refractivity contribution in [1.29, 1.82) is 0 Å². The molecule has 0 aromatic heterocycles. The van der Waals surface area contributed by atoms with Gasteiger partial charge < -0.3 is 5.32 Å². The molecule has 0 aliphatic rings. The summed E-state index contributed by atoms with van der Waals surface area (Å²) < 4.78 is 25.4. The lowest BCUT2D eigenvalue weighted by molar-refractivity contribution is -0.119. The lowest BCUT2D eigenvalue weighted by Gasteiger charge is -2.26. The molecule has 0 heterocycles. The van der Waals surface area contributed by atoms with Crippen molar-refractivity contribution in [3.63, 3.8) is 0 Å². The third-order valence-electron chi connectivity index (χ3n) is 4.52. The number of nitrogens with zero attached hydrogens (tertiary/aromatic N) is 1. The number of anilines is 1. The molecule has 6 heteroatoms. The molecule has 0 aliphatic heterocycles. The first kappa shape index (κ1) is 19.8. The molecule has 28 heavy (non-hydrogen) atoms. The SMILES string of the molecule is CN([C@@H](C(=O)Nc1ccccc1-c1ccccc1)c1ccccc1)S(C)(=O)=O. The number of nitrogens with one attached hydrogen (secondary N) is 1. The van der Waals surface area contributed by atoms with Gasteiger partial charge in [0.15, 0.2) is 0 Å². The number of hydrogen-bond donors (Lipinski definition) is 1. The van der Waals surface area contributed by atoms with Gasteiger partial charge >= 0.3 is 0 Å². The average molecular weight is 394 g/mol. The monoisotopic (exact) mass is 394 g/mol. The number of para-hydroxylation sites is 1. The van der Waals surface area contributed by atoms with Crippen LogP contribution < -0.4 is 5.32 Å². The highest BCUT2D eigenvalue weighted by molar-refractivity contribution is 7.88. The van der Waals surface area contributed by atoms with Gasteiger partial charge in [0.05, 0.1) is 6.26 Å². The lowest BCUT2D eigenvalue weighted by atomic mass is 10.0. The molecule has 3 rings (SSSR count). The summed E-state index contributed by atoms with van der Waals surface area (Å²) in [6.07, 6.45) is 1.09. The maximum atomic E-state index is 13.2. The summed E-state index contributed by atoms with van der Waals surface area (Å²) in [4.78, 5) is 13.2. The van der Waals surface area contributed by atoms with Gasteiger partial charge in [-0.05, 0) is 17.2 Å². The molecule has 1 atom stereocenters. The van der Waals surface area contributed by atoms with Crippen LogP contribution in [0.25, 0.3) is 11.1 Å². The van der Waals surface area contributed by atoms with Gasteiger partial charge in [-0.3, -0.25) is 4.79 Å². The second-order valence-electron chi connectivity index (χ2n) is 6.49. The largest absolute Gasteiger partial charge is 0.324 e. The van der Waals surface area contributed by atoms with E-state index in [1.54, 1.807) is 24.3 Å². The van der Waals surface area contributed by atoms with Gasteiger partial charge in [0, 0.05) is 18.3 Å². The minimum atomic E-state index is -3.58. The number of rotatable bonds is 6. The molecule has 1 amide bonds. The molecule has 144 valence electrons. The second kappa shape index (κ2) is 8.37. The van der Waals surface area contributed by atoms with Crippen molar-refractivity contribution in [1.82, 2.24) is 4.31 Å². The van der Waals surface area contributed by atoms with Gasteiger partial charge in [-0.2, -0.15) is 4.31 Å². The summed E-state index contributed by atoms with van der Waals surface area (Å²) in [7, 11) is -2.16. The van der Waals surface area contributed by atoms with Crippen LogP contribution in [-0.4, -0.2) is 31.9 Å². The molecule has 0 bridgehead atoms. The fourth-order valence-electron chi connectivity index (χ4n) is 3.02. The van der Waals surface area contributed by atoms with Gasteiger partial charge in [0.25, 0.3) is 0 Å². The summed E-state index contributed by atoms with van der Waals surface area (Å²) in [5, 5.41) is 2.92. The Balaban J connectivity index is 1.98. The van der Waals surface area contributed by atoms with Crippen LogP contribution in [-0.2, 0) is 14.8 Å². The first-order chi connectivity index (χ1) is 13.4. The average Bonchev–Trinajstić information content (AvgIpc) is 2.69. The van der Waals surface area contributed by atoms with Crippen molar-refractivity contribution >= 4 is 21.6 Å². The van der Waals surface area contributed by atoms with Crippen LogP contribution in [0.1, 0.15) is 11.6 Å².